The molecule has 0 saturated carbocycles. The molecule has 1 aromatic rings. The van der Waals surface area contributed by atoms with E-state index in [1.54, 1.807) is 18.2 Å². The van der Waals surface area contributed by atoms with Gasteiger partial charge in [-0.15, -0.1) is 0 Å². The van der Waals surface area contributed by atoms with Gasteiger partial charge in [-0.3, -0.25) is 4.79 Å². The number of carbonyl (C=O) groups is 2. The minimum absolute atomic E-state index is 0.223. The van der Waals surface area contributed by atoms with E-state index in [1.165, 1.54) is 7.11 Å². The Morgan fingerprint density at radius 1 is 1.41 bits per heavy atom. The van der Waals surface area contributed by atoms with Gasteiger partial charge in [-0.2, -0.15) is 0 Å². The second kappa shape index (κ2) is 9.42. The first kappa shape index (κ1) is 18.4. The van der Waals surface area contributed by atoms with Gasteiger partial charge in [0.2, 0.25) is 5.91 Å². The average Bonchev–Trinajstić information content (AvgIpc) is 2.49. The SMILES string of the molecule is CCOCCCC(=O)NC(C(=O)O)c1ccc(OC)c(Br)c1. The van der Waals surface area contributed by atoms with Crippen molar-refractivity contribution in [3.05, 3.63) is 28.2 Å². The van der Waals surface area contributed by atoms with Crippen LogP contribution in [0, 0.1) is 0 Å². The summed E-state index contributed by atoms with van der Waals surface area (Å²) in [6.07, 6.45) is 0.777. The lowest BCUT2D eigenvalue weighted by molar-refractivity contribution is -0.142. The number of carbonyl (C=O) groups excluding carboxylic acids is 1. The molecule has 0 radical (unpaired) electrons. The highest BCUT2D eigenvalue weighted by atomic mass is 79.9. The smallest absolute Gasteiger partial charge is 0.330 e. The van der Waals surface area contributed by atoms with Crippen molar-refractivity contribution in [2.24, 2.45) is 0 Å². The molecule has 6 nitrogen and oxygen atoms in total. The van der Waals surface area contributed by atoms with Crippen LogP contribution in [0.2, 0.25) is 0 Å². The predicted molar refractivity (Wildman–Crippen MR) is 84.9 cm³/mol. The summed E-state index contributed by atoms with van der Waals surface area (Å²) in [6.45, 7) is 2.96. The number of benzene rings is 1. The molecule has 0 spiro atoms. The van der Waals surface area contributed by atoms with Crippen molar-refractivity contribution in [3.63, 3.8) is 0 Å². The Balaban J connectivity index is 2.71. The number of aliphatic carboxylic acids is 1. The highest BCUT2D eigenvalue weighted by Gasteiger charge is 2.22. The summed E-state index contributed by atoms with van der Waals surface area (Å²) in [6, 6.07) is 3.79. The molecule has 1 atom stereocenters. The summed E-state index contributed by atoms with van der Waals surface area (Å²) < 4.78 is 10.9. The average molecular weight is 374 g/mol. The number of carboxylic acid groups (broad SMARTS) is 1. The van der Waals surface area contributed by atoms with Crippen LogP contribution < -0.4 is 10.1 Å². The second-order valence-corrected chi connectivity index (χ2v) is 5.39. The number of carboxylic acids is 1. The molecule has 0 fully saturated rings. The molecule has 1 aromatic carbocycles. The predicted octanol–water partition coefficient (Wildman–Crippen LogP) is 2.52. The Labute approximate surface area is 137 Å². The van der Waals surface area contributed by atoms with E-state index in [4.69, 9.17) is 9.47 Å². The van der Waals surface area contributed by atoms with Gasteiger partial charge in [-0.05, 0) is 47.0 Å². The third kappa shape index (κ3) is 5.65. The molecule has 122 valence electrons. The van der Waals surface area contributed by atoms with Crippen LogP contribution >= 0.6 is 15.9 Å². The summed E-state index contributed by atoms with van der Waals surface area (Å²) in [5.41, 5.74) is 0.471. The fraction of sp³-hybridized carbons (Fsp3) is 0.467. The minimum Gasteiger partial charge on any atom is -0.496 e. The molecule has 0 aliphatic carbocycles. The lowest BCUT2D eigenvalue weighted by atomic mass is 10.1. The quantitative estimate of drug-likeness (QED) is 0.649. The number of halogens is 1. The Morgan fingerprint density at radius 3 is 2.68 bits per heavy atom. The fourth-order valence-corrected chi connectivity index (χ4v) is 2.42. The number of hydrogen-bond acceptors (Lipinski definition) is 4. The Morgan fingerprint density at radius 2 is 2.14 bits per heavy atom. The lowest BCUT2D eigenvalue weighted by Gasteiger charge is -2.16. The van der Waals surface area contributed by atoms with E-state index >= 15 is 0 Å². The number of nitrogens with one attached hydrogen (secondary N) is 1. The van der Waals surface area contributed by atoms with Crippen LogP contribution in [0.1, 0.15) is 31.4 Å². The number of hydrogen-bond donors (Lipinski definition) is 2. The van der Waals surface area contributed by atoms with Crippen LogP contribution in [0.5, 0.6) is 5.75 Å². The van der Waals surface area contributed by atoms with Crippen LogP contribution in [0.3, 0.4) is 0 Å². The van der Waals surface area contributed by atoms with Crippen LogP contribution in [0.4, 0.5) is 0 Å². The van der Waals surface area contributed by atoms with E-state index in [2.05, 4.69) is 21.2 Å². The van der Waals surface area contributed by atoms with Gasteiger partial charge in [0, 0.05) is 19.6 Å². The third-order valence-corrected chi connectivity index (χ3v) is 3.58. The van der Waals surface area contributed by atoms with Gasteiger partial charge in [0.05, 0.1) is 11.6 Å². The molecule has 2 N–H and O–H groups in total. The normalized spacial score (nSPS) is 11.8. The zero-order valence-corrected chi connectivity index (χ0v) is 14.2. The van der Waals surface area contributed by atoms with E-state index in [9.17, 15) is 14.7 Å². The number of amides is 1. The van der Waals surface area contributed by atoms with Gasteiger partial charge in [-0.1, -0.05) is 6.07 Å². The second-order valence-electron chi connectivity index (χ2n) is 4.53. The van der Waals surface area contributed by atoms with Gasteiger partial charge in [0.25, 0.3) is 0 Å². The van der Waals surface area contributed by atoms with Gasteiger partial charge in [-0.25, -0.2) is 4.79 Å². The zero-order chi connectivity index (χ0) is 16.5. The summed E-state index contributed by atoms with van der Waals surface area (Å²) >= 11 is 3.30. The molecular weight excluding hydrogens is 354 g/mol. The Hall–Kier alpha value is -1.60. The molecule has 0 heterocycles. The summed E-state index contributed by atoms with van der Waals surface area (Å²) in [5, 5.41) is 11.8. The Bertz CT molecular complexity index is 521. The van der Waals surface area contributed by atoms with E-state index in [-0.39, 0.29) is 12.3 Å². The topological polar surface area (TPSA) is 84.9 Å². The largest absolute Gasteiger partial charge is 0.496 e. The zero-order valence-electron chi connectivity index (χ0n) is 12.6. The summed E-state index contributed by atoms with van der Waals surface area (Å²) in [4.78, 5) is 23.2. The van der Waals surface area contributed by atoms with Crippen LogP contribution in [0.15, 0.2) is 22.7 Å². The van der Waals surface area contributed by atoms with Crippen molar-refractivity contribution in [2.45, 2.75) is 25.8 Å². The monoisotopic (exact) mass is 373 g/mol. The van der Waals surface area contributed by atoms with Crippen molar-refractivity contribution in [2.75, 3.05) is 20.3 Å². The molecule has 1 amide bonds. The molecule has 0 aliphatic heterocycles. The first-order valence-electron chi connectivity index (χ1n) is 6.93. The summed E-state index contributed by atoms with van der Waals surface area (Å²) in [5.74, 6) is -0.842. The molecule has 0 saturated heterocycles. The maximum atomic E-state index is 11.8. The molecule has 22 heavy (non-hydrogen) atoms. The molecular formula is C15H20BrNO5. The van der Waals surface area contributed by atoms with Crippen molar-refractivity contribution in [1.82, 2.24) is 5.32 Å². The van der Waals surface area contributed by atoms with E-state index in [0.717, 1.165) is 0 Å². The van der Waals surface area contributed by atoms with E-state index < -0.39 is 12.0 Å². The highest BCUT2D eigenvalue weighted by molar-refractivity contribution is 9.10. The lowest BCUT2D eigenvalue weighted by Crippen LogP contribution is -2.33. The van der Waals surface area contributed by atoms with Gasteiger partial charge in [0.1, 0.15) is 5.75 Å². The van der Waals surface area contributed by atoms with Crippen LogP contribution in [-0.2, 0) is 14.3 Å². The maximum absolute atomic E-state index is 11.8. The van der Waals surface area contributed by atoms with Gasteiger partial charge in [0.15, 0.2) is 6.04 Å². The van der Waals surface area contributed by atoms with Crippen LogP contribution in [-0.4, -0.2) is 37.3 Å². The minimum atomic E-state index is -1.12. The maximum Gasteiger partial charge on any atom is 0.330 e. The molecule has 0 aromatic heterocycles. The first-order chi connectivity index (χ1) is 10.5. The van der Waals surface area contributed by atoms with E-state index in [0.29, 0.717) is 35.4 Å². The number of methoxy groups -OCH3 is 1. The van der Waals surface area contributed by atoms with Crippen molar-refractivity contribution in [1.29, 1.82) is 0 Å². The Kier molecular flexibility index (Phi) is 7.90. The molecule has 0 bridgehead atoms. The van der Waals surface area contributed by atoms with Gasteiger partial charge < -0.3 is 19.9 Å². The fourth-order valence-electron chi connectivity index (χ4n) is 1.86. The van der Waals surface area contributed by atoms with Crippen molar-refractivity contribution < 1.29 is 24.2 Å². The summed E-state index contributed by atoms with van der Waals surface area (Å²) in [7, 11) is 1.52. The number of rotatable bonds is 9. The highest BCUT2D eigenvalue weighted by Crippen LogP contribution is 2.28. The molecule has 7 heteroatoms. The number of ether oxygens (including phenoxy) is 2. The van der Waals surface area contributed by atoms with Gasteiger partial charge >= 0.3 is 5.97 Å². The first-order valence-corrected chi connectivity index (χ1v) is 7.72. The van der Waals surface area contributed by atoms with Crippen LogP contribution in [0.25, 0.3) is 0 Å². The van der Waals surface area contributed by atoms with Crippen molar-refractivity contribution in [3.8, 4) is 5.75 Å². The van der Waals surface area contributed by atoms with E-state index in [1.807, 2.05) is 6.92 Å². The van der Waals surface area contributed by atoms with Crippen molar-refractivity contribution >= 4 is 27.8 Å². The molecule has 1 rings (SSSR count). The third-order valence-electron chi connectivity index (χ3n) is 2.96. The standard InChI is InChI=1S/C15H20BrNO5/c1-3-22-8-4-5-13(18)17-14(15(19)20)10-6-7-12(21-2)11(16)9-10/h6-7,9,14H,3-5,8H2,1-2H3,(H,17,18)(H,19,20). The molecule has 1 unspecified atom stereocenters. The molecule has 0 aliphatic rings.